The molecule has 0 unspecified atom stereocenters. The van der Waals surface area contributed by atoms with Crippen LogP contribution in [-0.4, -0.2) is 25.4 Å². The summed E-state index contributed by atoms with van der Waals surface area (Å²) in [6.07, 6.45) is 4.88. The maximum absolute atomic E-state index is 10.6. The molecular weight excluding hydrogens is 324 g/mol. The molecule has 0 spiro atoms. The smallest absolute Gasteiger partial charge is 0.122 e. The first kappa shape index (κ1) is 19.3. The van der Waals surface area contributed by atoms with Crippen molar-refractivity contribution in [3.05, 3.63) is 34.9 Å². The van der Waals surface area contributed by atoms with Crippen molar-refractivity contribution in [3.8, 4) is 11.5 Å². The van der Waals surface area contributed by atoms with Crippen LogP contribution in [0.15, 0.2) is 29.3 Å². The summed E-state index contributed by atoms with van der Waals surface area (Å²) in [5.41, 5.74) is 4.26. The van der Waals surface area contributed by atoms with Gasteiger partial charge < -0.3 is 14.6 Å². The largest absolute Gasteiger partial charge is 0.497 e. The van der Waals surface area contributed by atoms with E-state index in [4.69, 9.17) is 9.47 Å². The van der Waals surface area contributed by atoms with Crippen molar-refractivity contribution in [1.82, 2.24) is 0 Å². The summed E-state index contributed by atoms with van der Waals surface area (Å²) in [5, 5.41) is 10.6. The number of ether oxygens (including phenoxy) is 2. The lowest BCUT2D eigenvalue weighted by Gasteiger charge is -2.51. The second kappa shape index (κ2) is 6.92. The standard InChI is InChI=1S/C23H34O3/c1-15-7-9-18-19(10-12-21(24)22(18,2)3)23(15,4)14-16-13-17(25-5)8-11-20(16)26-6/h8,11,13,15,21,24H,7,9-10,12,14H2,1-6H3/t15-,21+,23+/m0/s1. The molecule has 1 aromatic carbocycles. The molecule has 2 aliphatic carbocycles. The van der Waals surface area contributed by atoms with Crippen LogP contribution in [-0.2, 0) is 6.42 Å². The predicted molar refractivity (Wildman–Crippen MR) is 106 cm³/mol. The third-order valence-corrected chi connectivity index (χ3v) is 7.29. The van der Waals surface area contributed by atoms with Crippen molar-refractivity contribution >= 4 is 0 Å². The SMILES string of the molecule is COc1ccc(OC)c(C[C@@]2(C)C3=C(CC[C@@H]2C)C(C)(C)[C@H](O)CC3)c1. The van der Waals surface area contributed by atoms with Gasteiger partial charge in [-0.25, -0.2) is 0 Å². The Labute approximate surface area is 158 Å². The lowest BCUT2D eigenvalue weighted by molar-refractivity contribution is 0.0403. The van der Waals surface area contributed by atoms with Crippen molar-refractivity contribution in [2.45, 2.75) is 65.9 Å². The monoisotopic (exact) mass is 358 g/mol. The van der Waals surface area contributed by atoms with Gasteiger partial charge in [-0.2, -0.15) is 0 Å². The number of hydrogen-bond acceptors (Lipinski definition) is 3. The van der Waals surface area contributed by atoms with Gasteiger partial charge in [0, 0.05) is 5.41 Å². The molecule has 3 atom stereocenters. The summed E-state index contributed by atoms with van der Waals surface area (Å²) >= 11 is 0. The fraction of sp³-hybridized carbons (Fsp3) is 0.652. The highest BCUT2D eigenvalue weighted by atomic mass is 16.5. The van der Waals surface area contributed by atoms with Crippen molar-refractivity contribution in [3.63, 3.8) is 0 Å². The third-order valence-electron chi connectivity index (χ3n) is 7.29. The highest BCUT2D eigenvalue weighted by Crippen LogP contribution is 2.56. The molecule has 1 N–H and O–H groups in total. The van der Waals surface area contributed by atoms with E-state index in [2.05, 4.69) is 33.8 Å². The molecule has 0 saturated carbocycles. The van der Waals surface area contributed by atoms with Crippen LogP contribution in [0.5, 0.6) is 11.5 Å². The van der Waals surface area contributed by atoms with E-state index in [1.54, 1.807) is 19.8 Å². The van der Waals surface area contributed by atoms with Crippen LogP contribution in [0.3, 0.4) is 0 Å². The number of hydrogen-bond donors (Lipinski definition) is 1. The fourth-order valence-corrected chi connectivity index (χ4v) is 5.16. The Kier molecular flexibility index (Phi) is 5.13. The fourth-order valence-electron chi connectivity index (χ4n) is 5.16. The van der Waals surface area contributed by atoms with Crippen LogP contribution >= 0.6 is 0 Å². The minimum Gasteiger partial charge on any atom is -0.497 e. The topological polar surface area (TPSA) is 38.7 Å². The Bertz CT molecular complexity index is 703. The summed E-state index contributed by atoms with van der Waals surface area (Å²) in [6.45, 7) is 9.23. The number of benzene rings is 1. The number of methoxy groups -OCH3 is 2. The molecule has 0 aromatic heterocycles. The molecule has 0 bridgehead atoms. The zero-order chi connectivity index (χ0) is 19.1. The van der Waals surface area contributed by atoms with Gasteiger partial charge in [-0.15, -0.1) is 0 Å². The zero-order valence-corrected chi connectivity index (χ0v) is 17.2. The Balaban J connectivity index is 2.06. The lowest BCUT2D eigenvalue weighted by Crippen LogP contribution is -2.44. The first-order chi connectivity index (χ1) is 12.2. The van der Waals surface area contributed by atoms with E-state index in [-0.39, 0.29) is 16.9 Å². The molecule has 0 heterocycles. The van der Waals surface area contributed by atoms with E-state index < -0.39 is 0 Å². The van der Waals surface area contributed by atoms with Gasteiger partial charge in [-0.3, -0.25) is 0 Å². The van der Waals surface area contributed by atoms with E-state index in [1.165, 1.54) is 17.6 Å². The normalized spacial score (nSPS) is 30.7. The number of allylic oxidation sites excluding steroid dienone is 1. The first-order valence-electron chi connectivity index (χ1n) is 9.86. The summed E-state index contributed by atoms with van der Waals surface area (Å²) in [6, 6.07) is 6.09. The van der Waals surface area contributed by atoms with E-state index >= 15 is 0 Å². The van der Waals surface area contributed by atoms with Crippen molar-refractivity contribution < 1.29 is 14.6 Å². The van der Waals surface area contributed by atoms with Crippen LogP contribution in [0.25, 0.3) is 0 Å². The molecule has 3 nitrogen and oxygen atoms in total. The molecule has 144 valence electrons. The molecule has 3 heteroatoms. The van der Waals surface area contributed by atoms with E-state index in [0.29, 0.717) is 5.92 Å². The van der Waals surface area contributed by atoms with Gasteiger partial charge in [0.1, 0.15) is 11.5 Å². The maximum atomic E-state index is 10.6. The second-order valence-corrected chi connectivity index (χ2v) is 8.95. The highest BCUT2D eigenvalue weighted by Gasteiger charge is 2.47. The molecule has 0 saturated heterocycles. The van der Waals surface area contributed by atoms with Crippen LogP contribution in [0, 0.1) is 16.7 Å². The average molecular weight is 359 g/mol. The molecule has 0 radical (unpaired) electrons. The molecule has 1 aromatic rings. The maximum Gasteiger partial charge on any atom is 0.122 e. The average Bonchev–Trinajstić information content (AvgIpc) is 2.61. The molecular formula is C23H34O3. The minimum atomic E-state index is -0.231. The first-order valence-corrected chi connectivity index (χ1v) is 9.86. The van der Waals surface area contributed by atoms with E-state index in [1.807, 2.05) is 12.1 Å². The predicted octanol–water partition coefficient (Wildman–Crippen LogP) is 5.16. The summed E-state index contributed by atoms with van der Waals surface area (Å²) < 4.78 is 11.1. The lowest BCUT2D eigenvalue weighted by atomic mass is 9.54. The second-order valence-electron chi connectivity index (χ2n) is 8.95. The van der Waals surface area contributed by atoms with Crippen molar-refractivity contribution in [2.24, 2.45) is 16.7 Å². The molecule has 3 rings (SSSR count). The number of aliphatic hydroxyl groups excluding tert-OH is 1. The summed E-state index contributed by atoms with van der Waals surface area (Å²) in [5.74, 6) is 2.41. The van der Waals surface area contributed by atoms with Gasteiger partial charge in [0.15, 0.2) is 0 Å². The van der Waals surface area contributed by atoms with Crippen molar-refractivity contribution in [1.29, 1.82) is 0 Å². The van der Waals surface area contributed by atoms with E-state index in [9.17, 15) is 5.11 Å². The Morgan fingerprint density at radius 2 is 1.73 bits per heavy atom. The van der Waals surface area contributed by atoms with Crippen LogP contribution in [0.2, 0.25) is 0 Å². The van der Waals surface area contributed by atoms with Gasteiger partial charge >= 0.3 is 0 Å². The van der Waals surface area contributed by atoms with Crippen molar-refractivity contribution in [2.75, 3.05) is 14.2 Å². The third kappa shape index (κ3) is 3.05. The van der Waals surface area contributed by atoms with Gasteiger partial charge in [0.2, 0.25) is 0 Å². The Hall–Kier alpha value is -1.48. The van der Waals surface area contributed by atoms with Gasteiger partial charge in [0.05, 0.1) is 20.3 Å². The minimum absolute atomic E-state index is 0.0879. The van der Waals surface area contributed by atoms with Gasteiger partial charge in [-0.05, 0) is 67.2 Å². The highest BCUT2D eigenvalue weighted by molar-refractivity contribution is 5.43. The number of aliphatic hydroxyl groups is 1. The molecule has 0 amide bonds. The van der Waals surface area contributed by atoms with Crippen LogP contribution < -0.4 is 9.47 Å². The van der Waals surface area contributed by atoms with Crippen LogP contribution in [0.1, 0.15) is 58.9 Å². The van der Waals surface area contributed by atoms with Crippen LogP contribution in [0.4, 0.5) is 0 Å². The van der Waals surface area contributed by atoms with Gasteiger partial charge in [0.25, 0.3) is 0 Å². The Morgan fingerprint density at radius 3 is 2.38 bits per heavy atom. The summed E-state index contributed by atoms with van der Waals surface area (Å²) in [7, 11) is 3.45. The number of rotatable bonds is 4. The summed E-state index contributed by atoms with van der Waals surface area (Å²) in [4.78, 5) is 0. The molecule has 0 fully saturated rings. The Morgan fingerprint density at radius 1 is 1.04 bits per heavy atom. The zero-order valence-electron chi connectivity index (χ0n) is 17.2. The molecule has 0 aliphatic heterocycles. The van der Waals surface area contributed by atoms with Gasteiger partial charge in [-0.1, -0.05) is 38.8 Å². The quantitative estimate of drug-likeness (QED) is 0.756. The molecule has 2 aliphatic rings. The van der Waals surface area contributed by atoms with E-state index in [0.717, 1.165) is 37.2 Å². The molecule has 26 heavy (non-hydrogen) atoms.